The number of alkyl carbamates (subject to hydrolysis) is 1. The summed E-state index contributed by atoms with van der Waals surface area (Å²) in [6.07, 6.45) is 3.85. The van der Waals surface area contributed by atoms with E-state index in [0.29, 0.717) is 6.42 Å². The third-order valence-electron chi connectivity index (χ3n) is 7.47. The molecule has 2 aromatic rings. The molecule has 12 heteroatoms. The van der Waals surface area contributed by atoms with E-state index in [0.717, 1.165) is 37.7 Å². The van der Waals surface area contributed by atoms with Gasteiger partial charge in [0.2, 0.25) is 17.7 Å². The predicted octanol–water partition coefficient (Wildman–Crippen LogP) is 5.46. The maximum atomic E-state index is 14.5. The molecule has 0 spiro atoms. The Balaban J connectivity index is 2.63. The molecule has 0 aliphatic heterocycles. The minimum Gasteiger partial charge on any atom is -0.508 e. The van der Waals surface area contributed by atoms with Crippen LogP contribution in [0.4, 0.5) is 4.79 Å². The molecule has 2 rings (SSSR count). The Bertz CT molecular complexity index is 1420. The fourth-order valence-corrected chi connectivity index (χ4v) is 5.31. The zero-order chi connectivity index (χ0) is 37.5. The number of rotatable bonds is 18. The van der Waals surface area contributed by atoms with Crippen molar-refractivity contribution in [3.8, 4) is 5.75 Å². The van der Waals surface area contributed by atoms with Crippen LogP contribution in [0.5, 0.6) is 5.75 Å². The lowest BCUT2D eigenvalue weighted by Gasteiger charge is -2.35. The van der Waals surface area contributed by atoms with E-state index in [2.05, 4.69) is 17.6 Å². The van der Waals surface area contributed by atoms with Gasteiger partial charge in [-0.1, -0.05) is 81.5 Å². The van der Waals surface area contributed by atoms with Gasteiger partial charge in [0.25, 0.3) is 0 Å². The Kier molecular flexibility index (Phi) is 16.2. The van der Waals surface area contributed by atoms with E-state index in [1.807, 2.05) is 30.3 Å². The third-order valence-corrected chi connectivity index (χ3v) is 7.47. The lowest BCUT2D eigenvalue weighted by molar-refractivity contribution is -0.159. The van der Waals surface area contributed by atoms with Crippen molar-refractivity contribution in [1.82, 2.24) is 15.5 Å². The molecule has 276 valence electrons. The van der Waals surface area contributed by atoms with Gasteiger partial charge in [-0.05, 0) is 71.2 Å². The van der Waals surface area contributed by atoms with Crippen molar-refractivity contribution in [3.05, 3.63) is 65.7 Å². The van der Waals surface area contributed by atoms with Crippen LogP contribution in [0.3, 0.4) is 0 Å². The molecule has 2 aromatic carbocycles. The first-order chi connectivity index (χ1) is 23.4. The van der Waals surface area contributed by atoms with E-state index in [4.69, 9.17) is 15.2 Å². The maximum Gasteiger partial charge on any atom is 0.408 e. The predicted molar refractivity (Wildman–Crippen MR) is 191 cm³/mol. The Hall–Kier alpha value is -4.61. The first kappa shape index (κ1) is 41.6. The molecule has 0 bridgehead atoms. The zero-order valence-corrected chi connectivity index (χ0v) is 30.6. The molecule has 3 atom stereocenters. The second-order valence-electron chi connectivity index (χ2n) is 14.5. The smallest absolute Gasteiger partial charge is 0.408 e. The van der Waals surface area contributed by atoms with Crippen LogP contribution in [0.1, 0.15) is 111 Å². The molecule has 0 radical (unpaired) electrons. The molecule has 0 aliphatic rings. The summed E-state index contributed by atoms with van der Waals surface area (Å²) in [4.78, 5) is 68.8. The summed E-state index contributed by atoms with van der Waals surface area (Å²) in [6, 6.07) is 11.0. The number of carbonyl (C=O) groups is 5. The number of hydrogen-bond acceptors (Lipinski definition) is 8. The highest BCUT2D eigenvalue weighted by atomic mass is 16.6. The van der Waals surface area contributed by atoms with Crippen molar-refractivity contribution in [1.29, 1.82) is 0 Å². The summed E-state index contributed by atoms with van der Waals surface area (Å²) >= 11 is 0. The van der Waals surface area contributed by atoms with E-state index in [1.54, 1.807) is 47.6 Å². The average molecular weight is 697 g/mol. The number of nitrogens with zero attached hydrogens (tertiary/aromatic N) is 1. The van der Waals surface area contributed by atoms with E-state index in [9.17, 15) is 29.1 Å². The average Bonchev–Trinajstić information content (AvgIpc) is 2.99. The number of phenols is 1. The van der Waals surface area contributed by atoms with Gasteiger partial charge in [-0.3, -0.25) is 14.4 Å². The monoisotopic (exact) mass is 696 g/mol. The van der Waals surface area contributed by atoms with Crippen molar-refractivity contribution >= 4 is 29.8 Å². The Morgan fingerprint density at radius 1 is 0.800 bits per heavy atom. The van der Waals surface area contributed by atoms with E-state index in [1.165, 1.54) is 23.1 Å². The number of amides is 4. The van der Waals surface area contributed by atoms with Crippen LogP contribution in [0.25, 0.3) is 0 Å². The highest BCUT2D eigenvalue weighted by Gasteiger charge is 2.39. The van der Waals surface area contributed by atoms with E-state index in [-0.39, 0.29) is 24.3 Å². The van der Waals surface area contributed by atoms with E-state index >= 15 is 0 Å². The second kappa shape index (κ2) is 19.5. The van der Waals surface area contributed by atoms with Gasteiger partial charge in [-0.25, -0.2) is 9.59 Å². The lowest BCUT2D eigenvalue weighted by atomic mass is 9.99. The minimum atomic E-state index is -1.47. The van der Waals surface area contributed by atoms with Crippen molar-refractivity contribution in [2.24, 2.45) is 5.73 Å². The summed E-state index contributed by atoms with van der Waals surface area (Å²) in [5, 5.41) is 15.8. The van der Waals surface area contributed by atoms with Crippen LogP contribution < -0.4 is 16.4 Å². The molecule has 0 aliphatic carbocycles. The van der Waals surface area contributed by atoms with Crippen LogP contribution >= 0.6 is 0 Å². The van der Waals surface area contributed by atoms with Gasteiger partial charge in [0, 0.05) is 13.0 Å². The standard InChI is InChI=1S/C38H56N4O8/c1-8-9-10-11-12-16-22-42(34(46)29(25-31(39)44)41-36(48)50-38(5,6)7)32(27-20-17-21-28(43)24-27)33(45)40-30(35(47)49-37(2,3)4)23-26-18-14-13-15-19-26/h13-15,17-21,24,29-30,32,43H,8-12,16,22-23,25H2,1-7H3,(H2,39,44)(H,40,45)(H,41,48). The molecule has 3 unspecified atom stereocenters. The molecular weight excluding hydrogens is 640 g/mol. The maximum absolute atomic E-state index is 14.5. The number of unbranched alkanes of at least 4 members (excludes halogenated alkanes) is 5. The van der Waals surface area contributed by atoms with E-state index < -0.39 is 65.5 Å². The Morgan fingerprint density at radius 3 is 2.00 bits per heavy atom. The molecule has 5 N–H and O–H groups in total. The number of phenolic OH excluding ortho intramolecular Hbond substituents is 1. The van der Waals surface area contributed by atoms with Gasteiger partial charge in [0.1, 0.15) is 35.1 Å². The summed E-state index contributed by atoms with van der Waals surface area (Å²) in [5.41, 5.74) is 4.79. The molecular formula is C38H56N4O8. The SMILES string of the molecule is CCCCCCCCN(C(=O)C(CC(N)=O)NC(=O)OC(C)(C)C)C(C(=O)NC(Cc1ccccc1)C(=O)OC(C)(C)C)c1cccc(O)c1. The highest BCUT2D eigenvalue weighted by Crippen LogP contribution is 2.27. The van der Waals surface area contributed by atoms with Crippen molar-refractivity contribution in [2.75, 3.05) is 6.54 Å². The molecule has 50 heavy (non-hydrogen) atoms. The van der Waals surface area contributed by atoms with Gasteiger partial charge in [-0.15, -0.1) is 0 Å². The Labute approximate surface area is 296 Å². The van der Waals surface area contributed by atoms with Crippen LogP contribution in [-0.2, 0) is 35.1 Å². The summed E-state index contributed by atoms with van der Waals surface area (Å²) < 4.78 is 11.0. The van der Waals surface area contributed by atoms with Gasteiger partial charge >= 0.3 is 12.1 Å². The summed E-state index contributed by atoms with van der Waals surface area (Å²) in [6.45, 7) is 12.3. The summed E-state index contributed by atoms with van der Waals surface area (Å²) in [7, 11) is 0. The van der Waals surface area contributed by atoms with Gasteiger partial charge in [-0.2, -0.15) is 0 Å². The van der Waals surface area contributed by atoms with Gasteiger partial charge in [0.05, 0.1) is 6.42 Å². The van der Waals surface area contributed by atoms with Crippen molar-refractivity contribution in [2.45, 2.75) is 129 Å². The topological polar surface area (TPSA) is 177 Å². The van der Waals surface area contributed by atoms with Crippen molar-refractivity contribution in [3.63, 3.8) is 0 Å². The molecule has 0 saturated carbocycles. The quantitative estimate of drug-likeness (QED) is 0.117. The minimum absolute atomic E-state index is 0.0553. The normalized spacial score (nSPS) is 13.3. The lowest BCUT2D eigenvalue weighted by Crippen LogP contribution is -2.55. The molecule has 0 saturated heterocycles. The largest absolute Gasteiger partial charge is 0.508 e. The molecule has 0 aromatic heterocycles. The first-order valence-electron chi connectivity index (χ1n) is 17.3. The third kappa shape index (κ3) is 15.3. The number of benzene rings is 2. The number of ether oxygens (including phenoxy) is 2. The number of carbonyl (C=O) groups excluding carboxylic acids is 5. The van der Waals surface area contributed by atoms with Crippen LogP contribution in [0.2, 0.25) is 0 Å². The second-order valence-corrected chi connectivity index (χ2v) is 14.5. The summed E-state index contributed by atoms with van der Waals surface area (Å²) in [5.74, 6) is -3.16. The van der Waals surface area contributed by atoms with Crippen LogP contribution in [-0.4, -0.2) is 69.6 Å². The Morgan fingerprint density at radius 2 is 1.42 bits per heavy atom. The molecule has 4 amide bonds. The number of primary amides is 1. The van der Waals surface area contributed by atoms with Gasteiger partial charge in [0.15, 0.2) is 0 Å². The van der Waals surface area contributed by atoms with Crippen LogP contribution in [0.15, 0.2) is 54.6 Å². The fourth-order valence-electron chi connectivity index (χ4n) is 5.31. The molecule has 12 nitrogen and oxygen atoms in total. The zero-order valence-electron chi connectivity index (χ0n) is 30.6. The number of esters is 1. The number of nitrogens with one attached hydrogen (secondary N) is 2. The number of aromatic hydroxyl groups is 1. The highest BCUT2D eigenvalue weighted by molar-refractivity contribution is 5.95. The first-order valence-corrected chi connectivity index (χ1v) is 17.3. The van der Waals surface area contributed by atoms with Crippen LogP contribution in [0, 0.1) is 0 Å². The van der Waals surface area contributed by atoms with Crippen molar-refractivity contribution < 1.29 is 38.6 Å². The molecule has 0 fully saturated rings. The number of nitrogens with two attached hydrogens (primary N) is 1. The number of hydrogen-bond donors (Lipinski definition) is 4. The molecule has 0 heterocycles. The fraction of sp³-hybridized carbons (Fsp3) is 0.553. The van der Waals surface area contributed by atoms with Gasteiger partial charge < -0.3 is 35.8 Å².